The summed E-state index contributed by atoms with van der Waals surface area (Å²) in [5, 5.41) is 12.3. The van der Waals surface area contributed by atoms with Gasteiger partial charge < -0.3 is 5.32 Å². The fourth-order valence-electron chi connectivity index (χ4n) is 1.11. The third-order valence-corrected chi connectivity index (χ3v) is 2.16. The van der Waals surface area contributed by atoms with Gasteiger partial charge in [0.15, 0.2) is 0 Å². The van der Waals surface area contributed by atoms with Crippen LogP contribution in [0.1, 0.15) is 18.9 Å². The summed E-state index contributed by atoms with van der Waals surface area (Å²) >= 11 is 5.88. The first kappa shape index (κ1) is 11.4. The molecule has 0 radical (unpaired) electrons. The fourth-order valence-corrected chi connectivity index (χ4v) is 1.33. The number of nitrogens with one attached hydrogen (secondary N) is 1. The Labute approximate surface area is 94.9 Å². The van der Waals surface area contributed by atoms with E-state index in [-0.39, 0.29) is 0 Å². The summed E-state index contributed by atoms with van der Waals surface area (Å²) in [5.41, 5.74) is 1.41. The van der Waals surface area contributed by atoms with Gasteiger partial charge in [-0.1, -0.05) is 11.6 Å². The Morgan fingerprint density at radius 3 is 2.87 bits per heavy atom. The van der Waals surface area contributed by atoms with Gasteiger partial charge in [-0.2, -0.15) is 5.26 Å². The molecule has 0 aliphatic carbocycles. The Morgan fingerprint density at radius 1 is 1.47 bits per heavy atom. The maximum Gasteiger partial charge on any atom is 0.101 e. The van der Waals surface area contributed by atoms with Crippen molar-refractivity contribution < 1.29 is 0 Å². The fraction of sp³-hybridized carbons (Fsp3) is 0.250. The standard InChI is InChI=1S/C12H11ClN2/c1-2-3-4-7-15-11-6-5-10(9-14)12(13)8-11/h5-6,8,15H,4,7H2,1H3. The third-order valence-electron chi connectivity index (χ3n) is 1.85. The van der Waals surface area contributed by atoms with Crippen LogP contribution in [0.4, 0.5) is 5.69 Å². The van der Waals surface area contributed by atoms with Crippen molar-refractivity contribution in [2.75, 3.05) is 11.9 Å². The van der Waals surface area contributed by atoms with Gasteiger partial charge in [-0.15, -0.1) is 11.8 Å². The average Bonchev–Trinajstić information content (AvgIpc) is 2.25. The summed E-state index contributed by atoms with van der Waals surface area (Å²) < 4.78 is 0. The quantitative estimate of drug-likeness (QED) is 0.625. The molecule has 1 rings (SSSR count). The van der Waals surface area contributed by atoms with Crippen molar-refractivity contribution in [1.82, 2.24) is 0 Å². The predicted molar refractivity (Wildman–Crippen MR) is 62.7 cm³/mol. The molecule has 0 fully saturated rings. The van der Waals surface area contributed by atoms with Crippen molar-refractivity contribution in [3.63, 3.8) is 0 Å². The van der Waals surface area contributed by atoms with Crippen LogP contribution in [0.2, 0.25) is 5.02 Å². The number of hydrogen-bond donors (Lipinski definition) is 1. The smallest absolute Gasteiger partial charge is 0.101 e. The molecule has 0 unspecified atom stereocenters. The number of hydrogen-bond acceptors (Lipinski definition) is 2. The van der Waals surface area contributed by atoms with Gasteiger partial charge in [-0.25, -0.2) is 0 Å². The van der Waals surface area contributed by atoms with Crippen molar-refractivity contribution in [2.24, 2.45) is 0 Å². The Bertz CT molecular complexity index is 435. The Hall–Kier alpha value is -1.64. The molecule has 0 heterocycles. The van der Waals surface area contributed by atoms with E-state index in [2.05, 4.69) is 17.2 Å². The lowest BCUT2D eigenvalue weighted by Gasteiger charge is -2.04. The van der Waals surface area contributed by atoms with Crippen LogP contribution in [-0.2, 0) is 0 Å². The molecule has 1 N–H and O–H groups in total. The molecular weight excluding hydrogens is 208 g/mol. The van der Waals surface area contributed by atoms with Crippen LogP contribution in [0.15, 0.2) is 18.2 Å². The molecule has 0 aromatic heterocycles. The van der Waals surface area contributed by atoms with E-state index in [9.17, 15) is 0 Å². The molecule has 0 spiro atoms. The number of nitriles is 1. The summed E-state index contributed by atoms with van der Waals surface area (Å²) in [5.74, 6) is 5.78. The lowest BCUT2D eigenvalue weighted by Crippen LogP contribution is -2.00. The highest BCUT2D eigenvalue weighted by Gasteiger charge is 1.99. The van der Waals surface area contributed by atoms with E-state index in [0.717, 1.165) is 18.7 Å². The monoisotopic (exact) mass is 218 g/mol. The second kappa shape index (κ2) is 5.96. The van der Waals surface area contributed by atoms with Gasteiger partial charge in [-0.3, -0.25) is 0 Å². The first-order chi connectivity index (χ1) is 7.27. The zero-order valence-electron chi connectivity index (χ0n) is 8.47. The van der Waals surface area contributed by atoms with Crippen LogP contribution in [0.3, 0.4) is 0 Å². The molecular formula is C12H11ClN2. The molecule has 0 aliphatic rings. The molecule has 0 atom stereocenters. The second-order valence-electron chi connectivity index (χ2n) is 2.91. The first-order valence-electron chi connectivity index (χ1n) is 4.61. The molecule has 1 aromatic carbocycles. The van der Waals surface area contributed by atoms with Gasteiger partial charge in [0.25, 0.3) is 0 Å². The zero-order valence-corrected chi connectivity index (χ0v) is 9.23. The summed E-state index contributed by atoms with van der Waals surface area (Å²) in [7, 11) is 0. The van der Waals surface area contributed by atoms with Gasteiger partial charge >= 0.3 is 0 Å². The zero-order chi connectivity index (χ0) is 11.1. The maximum absolute atomic E-state index is 8.68. The topological polar surface area (TPSA) is 35.8 Å². The number of rotatable bonds is 3. The van der Waals surface area contributed by atoms with E-state index in [4.69, 9.17) is 16.9 Å². The maximum atomic E-state index is 8.68. The van der Waals surface area contributed by atoms with Gasteiger partial charge in [0.05, 0.1) is 10.6 Å². The van der Waals surface area contributed by atoms with Crippen LogP contribution in [0.5, 0.6) is 0 Å². The van der Waals surface area contributed by atoms with Crippen molar-refractivity contribution >= 4 is 17.3 Å². The third kappa shape index (κ3) is 3.54. The summed E-state index contributed by atoms with van der Waals surface area (Å²) in [4.78, 5) is 0. The van der Waals surface area contributed by atoms with E-state index < -0.39 is 0 Å². The molecule has 0 amide bonds. The average molecular weight is 219 g/mol. The molecule has 0 saturated heterocycles. The first-order valence-corrected chi connectivity index (χ1v) is 4.99. The summed E-state index contributed by atoms with van der Waals surface area (Å²) in [6.45, 7) is 2.60. The lowest BCUT2D eigenvalue weighted by atomic mass is 10.2. The highest BCUT2D eigenvalue weighted by atomic mass is 35.5. The molecule has 15 heavy (non-hydrogen) atoms. The van der Waals surface area contributed by atoms with E-state index in [1.165, 1.54) is 0 Å². The minimum atomic E-state index is 0.476. The van der Waals surface area contributed by atoms with Crippen LogP contribution >= 0.6 is 11.6 Å². The van der Waals surface area contributed by atoms with E-state index in [1.807, 2.05) is 19.1 Å². The molecule has 76 valence electrons. The van der Waals surface area contributed by atoms with Crippen LogP contribution in [-0.4, -0.2) is 6.54 Å². The van der Waals surface area contributed by atoms with Crippen molar-refractivity contribution in [3.05, 3.63) is 28.8 Å². The van der Waals surface area contributed by atoms with Crippen molar-refractivity contribution in [1.29, 1.82) is 5.26 Å². The highest BCUT2D eigenvalue weighted by molar-refractivity contribution is 6.32. The lowest BCUT2D eigenvalue weighted by molar-refractivity contribution is 1.10. The number of halogens is 1. The van der Waals surface area contributed by atoms with E-state index >= 15 is 0 Å². The summed E-state index contributed by atoms with van der Waals surface area (Å²) in [6, 6.07) is 7.31. The van der Waals surface area contributed by atoms with Crippen molar-refractivity contribution in [3.8, 4) is 17.9 Å². The summed E-state index contributed by atoms with van der Waals surface area (Å²) in [6.07, 6.45) is 0.800. The normalized spacial score (nSPS) is 8.60. The minimum absolute atomic E-state index is 0.476. The number of nitrogens with zero attached hydrogens (tertiary/aromatic N) is 1. The van der Waals surface area contributed by atoms with E-state index in [1.54, 1.807) is 12.1 Å². The van der Waals surface area contributed by atoms with Crippen molar-refractivity contribution in [2.45, 2.75) is 13.3 Å². The van der Waals surface area contributed by atoms with Crippen LogP contribution in [0, 0.1) is 23.2 Å². The molecule has 0 aliphatic heterocycles. The van der Waals surface area contributed by atoms with Crippen LogP contribution < -0.4 is 5.32 Å². The highest BCUT2D eigenvalue weighted by Crippen LogP contribution is 2.19. The predicted octanol–water partition coefficient (Wildman–Crippen LogP) is 3.04. The van der Waals surface area contributed by atoms with Gasteiger partial charge in [-0.05, 0) is 25.1 Å². The molecule has 1 aromatic rings. The van der Waals surface area contributed by atoms with Crippen LogP contribution in [0.25, 0.3) is 0 Å². The molecule has 0 saturated carbocycles. The molecule has 0 bridgehead atoms. The SMILES string of the molecule is CC#CCCNc1ccc(C#N)c(Cl)c1. The second-order valence-corrected chi connectivity index (χ2v) is 3.32. The van der Waals surface area contributed by atoms with Gasteiger partial charge in [0.2, 0.25) is 0 Å². The largest absolute Gasteiger partial charge is 0.384 e. The number of benzene rings is 1. The number of anilines is 1. The van der Waals surface area contributed by atoms with Gasteiger partial charge in [0, 0.05) is 18.7 Å². The molecule has 2 nitrogen and oxygen atoms in total. The Balaban J connectivity index is 2.59. The van der Waals surface area contributed by atoms with Gasteiger partial charge in [0.1, 0.15) is 6.07 Å². The minimum Gasteiger partial charge on any atom is -0.384 e. The van der Waals surface area contributed by atoms with E-state index in [0.29, 0.717) is 10.6 Å². The Morgan fingerprint density at radius 2 is 2.27 bits per heavy atom. The Kier molecular flexibility index (Phi) is 4.54. The molecule has 3 heteroatoms.